The molecule has 0 radical (unpaired) electrons. The van der Waals surface area contributed by atoms with Gasteiger partial charge in [0.15, 0.2) is 10.1 Å². The molecule has 0 atom stereocenters. The van der Waals surface area contributed by atoms with Crippen molar-refractivity contribution in [1.29, 1.82) is 0 Å². The van der Waals surface area contributed by atoms with E-state index in [2.05, 4.69) is 0 Å². The topological polar surface area (TPSA) is 18.5 Å². The van der Waals surface area contributed by atoms with E-state index in [4.69, 9.17) is 32.7 Å². The number of alkyl halides is 2. The zero-order valence-corrected chi connectivity index (χ0v) is 7.50. The maximum Gasteiger partial charge on any atom is 0.198 e. The number of hydrogen-bond donors (Lipinski definition) is 0. The Morgan fingerprint density at radius 3 is 1.90 bits per heavy atom. The third-order valence-electron chi connectivity index (χ3n) is 1.64. The van der Waals surface area contributed by atoms with Gasteiger partial charge in [-0.25, -0.2) is 0 Å². The molecule has 0 bridgehead atoms. The quantitative estimate of drug-likeness (QED) is 0.581. The van der Waals surface area contributed by atoms with Gasteiger partial charge < -0.3 is 9.47 Å². The largest absolute Gasteiger partial charge is 0.345 e. The minimum Gasteiger partial charge on any atom is -0.345 e. The van der Waals surface area contributed by atoms with E-state index in [0.29, 0.717) is 13.2 Å². The van der Waals surface area contributed by atoms with Gasteiger partial charge in [0, 0.05) is 0 Å². The zero-order chi connectivity index (χ0) is 7.83. The first kappa shape index (κ1) is 8.60. The van der Waals surface area contributed by atoms with Crippen molar-refractivity contribution >= 4 is 23.2 Å². The van der Waals surface area contributed by atoms with Gasteiger partial charge in [0.2, 0.25) is 0 Å². The maximum atomic E-state index is 5.80. The Balaban J connectivity index is 2.67. The van der Waals surface area contributed by atoms with Crippen LogP contribution in [-0.4, -0.2) is 23.3 Å². The zero-order valence-electron chi connectivity index (χ0n) is 5.99. The highest BCUT2D eigenvalue weighted by molar-refractivity contribution is 6.48. The van der Waals surface area contributed by atoms with E-state index in [1.54, 1.807) is 13.8 Å². The molecule has 10 heavy (non-hydrogen) atoms. The SMILES string of the molecule is CC(Cl)(Cl)C1(C)OCCO1. The van der Waals surface area contributed by atoms with E-state index in [0.717, 1.165) is 0 Å². The fourth-order valence-corrected chi connectivity index (χ4v) is 0.986. The molecular weight excluding hydrogens is 175 g/mol. The van der Waals surface area contributed by atoms with Crippen LogP contribution in [-0.2, 0) is 9.47 Å². The monoisotopic (exact) mass is 184 g/mol. The third-order valence-corrected chi connectivity index (χ3v) is 2.32. The second kappa shape index (κ2) is 2.52. The van der Waals surface area contributed by atoms with Gasteiger partial charge >= 0.3 is 0 Å². The van der Waals surface area contributed by atoms with Crippen molar-refractivity contribution in [2.75, 3.05) is 13.2 Å². The molecule has 1 rings (SSSR count). The summed E-state index contributed by atoms with van der Waals surface area (Å²) in [5, 5.41) is 0. The average molecular weight is 185 g/mol. The van der Waals surface area contributed by atoms with Gasteiger partial charge in [0.1, 0.15) is 0 Å². The van der Waals surface area contributed by atoms with Crippen LogP contribution in [0.4, 0.5) is 0 Å². The summed E-state index contributed by atoms with van der Waals surface area (Å²) < 4.78 is 9.45. The van der Waals surface area contributed by atoms with Gasteiger partial charge in [-0.15, -0.1) is 0 Å². The molecule has 1 saturated heterocycles. The van der Waals surface area contributed by atoms with Crippen LogP contribution in [0.1, 0.15) is 13.8 Å². The molecule has 0 aliphatic carbocycles. The Kier molecular flexibility index (Phi) is 2.17. The molecule has 0 aromatic rings. The molecule has 0 unspecified atom stereocenters. The van der Waals surface area contributed by atoms with Crippen molar-refractivity contribution in [2.45, 2.75) is 24.0 Å². The van der Waals surface area contributed by atoms with Crippen LogP contribution in [0.2, 0.25) is 0 Å². The van der Waals surface area contributed by atoms with Gasteiger partial charge in [-0.2, -0.15) is 0 Å². The summed E-state index contributed by atoms with van der Waals surface area (Å²) in [4.78, 5) is 0. The van der Waals surface area contributed by atoms with Gasteiger partial charge in [0.25, 0.3) is 0 Å². The standard InChI is InChI=1S/C6H10Cl2O2/c1-5(7,8)6(2)9-3-4-10-6/h3-4H2,1-2H3. The second-order valence-corrected chi connectivity index (χ2v) is 4.24. The van der Waals surface area contributed by atoms with Crippen molar-refractivity contribution in [2.24, 2.45) is 0 Å². The molecule has 0 spiro atoms. The Bertz CT molecular complexity index is 124. The summed E-state index contributed by atoms with van der Waals surface area (Å²) in [6.07, 6.45) is 0. The smallest absolute Gasteiger partial charge is 0.198 e. The average Bonchev–Trinajstić information content (AvgIpc) is 2.13. The molecule has 1 fully saturated rings. The lowest BCUT2D eigenvalue weighted by molar-refractivity contribution is -0.149. The van der Waals surface area contributed by atoms with Crippen LogP contribution in [0.25, 0.3) is 0 Å². The maximum absolute atomic E-state index is 5.80. The first-order chi connectivity index (χ1) is 4.46. The minimum atomic E-state index is -0.983. The molecule has 1 aliphatic heterocycles. The van der Waals surface area contributed by atoms with Crippen LogP contribution in [0, 0.1) is 0 Å². The number of rotatable bonds is 1. The summed E-state index contributed by atoms with van der Waals surface area (Å²) >= 11 is 11.6. The normalized spacial score (nSPS) is 25.2. The van der Waals surface area contributed by atoms with E-state index < -0.39 is 10.1 Å². The van der Waals surface area contributed by atoms with Gasteiger partial charge in [-0.1, -0.05) is 23.2 Å². The summed E-state index contributed by atoms with van der Waals surface area (Å²) in [7, 11) is 0. The first-order valence-corrected chi connectivity index (χ1v) is 3.87. The van der Waals surface area contributed by atoms with E-state index in [9.17, 15) is 0 Å². The Labute approximate surface area is 70.4 Å². The van der Waals surface area contributed by atoms with Crippen LogP contribution in [0.5, 0.6) is 0 Å². The van der Waals surface area contributed by atoms with Gasteiger partial charge in [-0.3, -0.25) is 0 Å². The summed E-state index contributed by atoms with van der Waals surface area (Å²) in [6.45, 7) is 4.51. The van der Waals surface area contributed by atoms with Crippen molar-refractivity contribution < 1.29 is 9.47 Å². The van der Waals surface area contributed by atoms with E-state index in [1.807, 2.05) is 0 Å². The van der Waals surface area contributed by atoms with E-state index in [-0.39, 0.29) is 0 Å². The van der Waals surface area contributed by atoms with Crippen LogP contribution >= 0.6 is 23.2 Å². The Morgan fingerprint density at radius 1 is 1.30 bits per heavy atom. The summed E-state index contributed by atoms with van der Waals surface area (Å²) in [6, 6.07) is 0. The lowest BCUT2D eigenvalue weighted by Crippen LogP contribution is -2.42. The fourth-order valence-electron chi connectivity index (χ4n) is 0.768. The molecular formula is C6H10Cl2O2. The lowest BCUT2D eigenvalue weighted by Gasteiger charge is -2.31. The molecule has 0 amide bonds. The predicted octanol–water partition coefficient (Wildman–Crippen LogP) is 1.94. The van der Waals surface area contributed by atoms with Gasteiger partial charge in [-0.05, 0) is 13.8 Å². The molecule has 0 aromatic carbocycles. The number of ether oxygens (including phenoxy) is 2. The molecule has 60 valence electrons. The van der Waals surface area contributed by atoms with Crippen molar-refractivity contribution in [3.63, 3.8) is 0 Å². The van der Waals surface area contributed by atoms with Gasteiger partial charge in [0.05, 0.1) is 13.2 Å². The highest BCUT2D eigenvalue weighted by Gasteiger charge is 2.47. The van der Waals surface area contributed by atoms with Crippen molar-refractivity contribution in [3.8, 4) is 0 Å². The van der Waals surface area contributed by atoms with Crippen molar-refractivity contribution in [1.82, 2.24) is 0 Å². The second-order valence-electron chi connectivity index (χ2n) is 2.53. The third kappa shape index (κ3) is 1.40. The molecule has 0 aromatic heterocycles. The Hall–Kier alpha value is 0.500. The fraction of sp³-hybridized carbons (Fsp3) is 1.00. The van der Waals surface area contributed by atoms with Crippen LogP contribution in [0.3, 0.4) is 0 Å². The van der Waals surface area contributed by atoms with Crippen LogP contribution in [0.15, 0.2) is 0 Å². The molecule has 0 N–H and O–H groups in total. The minimum absolute atomic E-state index is 0.561. The number of hydrogen-bond acceptors (Lipinski definition) is 2. The van der Waals surface area contributed by atoms with Crippen LogP contribution < -0.4 is 0 Å². The first-order valence-electron chi connectivity index (χ1n) is 3.11. The highest BCUT2D eigenvalue weighted by atomic mass is 35.5. The molecule has 2 nitrogen and oxygen atoms in total. The Morgan fingerprint density at radius 2 is 1.70 bits per heavy atom. The van der Waals surface area contributed by atoms with Crippen molar-refractivity contribution in [3.05, 3.63) is 0 Å². The molecule has 1 heterocycles. The summed E-state index contributed by atoms with van der Waals surface area (Å²) in [5.41, 5.74) is 0. The molecule has 1 aliphatic rings. The van der Waals surface area contributed by atoms with E-state index >= 15 is 0 Å². The predicted molar refractivity (Wildman–Crippen MR) is 40.4 cm³/mol. The van der Waals surface area contributed by atoms with E-state index in [1.165, 1.54) is 0 Å². The molecule has 4 heteroatoms. The summed E-state index contributed by atoms with van der Waals surface area (Å²) in [5.74, 6) is -0.837. The molecule has 0 saturated carbocycles. The highest BCUT2D eigenvalue weighted by Crippen LogP contribution is 2.39. The number of halogens is 2. The lowest BCUT2D eigenvalue weighted by atomic mass is 10.2.